The highest BCUT2D eigenvalue weighted by molar-refractivity contribution is 5.80. The van der Waals surface area contributed by atoms with E-state index in [-0.39, 0.29) is 0 Å². The van der Waals surface area contributed by atoms with Crippen molar-refractivity contribution in [2.75, 3.05) is 45.8 Å². The molecule has 6 heteroatoms. The normalized spacial score (nSPS) is 28.3. The fourth-order valence-electron chi connectivity index (χ4n) is 4.31. The summed E-state index contributed by atoms with van der Waals surface area (Å²) in [6, 6.07) is 0.470. The second-order valence-electron chi connectivity index (χ2n) is 8.07. The van der Waals surface area contributed by atoms with E-state index >= 15 is 0 Å². The summed E-state index contributed by atoms with van der Waals surface area (Å²) in [4.78, 5) is 14.2. The number of rotatable bonds is 5. The molecule has 0 radical (unpaired) electrons. The molecule has 3 unspecified atom stereocenters. The SMILES string of the molecule is CCNC(=NCCN1CCCC(C)C1)N1CCC(C)C(n2ccnc2)C1. The van der Waals surface area contributed by atoms with Crippen LogP contribution in [0.3, 0.4) is 0 Å². The zero-order chi connectivity index (χ0) is 18.4. The predicted octanol–water partition coefficient (Wildman–Crippen LogP) is 2.46. The summed E-state index contributed by atoms with van der Waals surface area (Å²) in [5.41, 5.74) is 0. The summed E-state index contributed by atoms with van der Waals surface area (Å²) in [5.74, 6) is 2.58. The highest BCUT2D eigenvalue weighted by Crippen LogP contribution is 2.27. The van der Waals surface area contributed by atoms with E-state index in [1.807, 2.05) is 12.5 Å². The topological polar surface area (TPSA) is 48.7 Å². The van der Waals surface area contributed by atoms with Crippen LogP contribution in [0.5, 0.6) is 0 Å². The van der Waals surface area contributed by atoms with E-state index in [1.54, 1.807) is 0 Å². The Kier molecular flexibility index (Phi) is 6.94. The number of hydrogen-bond acceptors (Lipinski definition) is 3. The number of hydrogen-bond donors (Lipinski definition) is 1. The van der Waals surface area contributed by atoms with E-state index in [0.29, 0.717) is 12.0 Å². The minimum atomic E-state index is 0.470. The first-order valence-corrected chi connectivity index (χ1v) is 10.4. The number of aliphatic imine (C=N–C) groups is 1. The van der Waals surface area contributed by atoms with Gasteiger partial charge in [0.15, 0.2) is 5.96 Å². The van der Waals surface area contributed by atoms with Crippen LogP contribution in [0.1, 0.15) is 46.1 Å². The van der Waals surface area contributed by atoms with Crippen LogP contribution in [0, 0.1) is 11.8 Å². The third kappa shape index (κ3) is 5.00. The van der Waals surface area contributed by atoms with Crippen molar-refractivity contribution < 1.29 is 0 Å². The molecular weight excluding hydrogens is 324 g/mol. The molecule has 0 amide bonds. The molecular formula is C20H36N6. The Balaban J connectivity index is 1.59. The van der Waals surface area contributed by atoms with Gasteiger partial charge in [-0.15, -0.1) is 0 Å². The molecule has 1 aromatic heterocycles. The second-order valence-corrected chi connectivity index (χ2v) is 8.07. The van der Waals surface area contributed by atoms with Crippen molar-refractivity contribution in [2.45, 2.75) is 46.1 Å². The first-order valence-electron chi connectivity index (χ1n) is 10.4. The first kappa shape index (κ1) is 19.2. The fourth-order valence-corrected chi connectivity index (χ4v) is 4.31. The standard InChI is InChI=1S/C20H36N6/c1-4-22-20(23-9-12-24-10-5-6-17(2)14-24)25-11-7-18(3)19(15-25)26-13-8-21-16-26/h8,13,16-19H,4-7,9-12,14-15H2,1-3H3,(H,22,23). The maximum Gasteiger partial charge on any atom is 0.194 e. The van der Waals surface area contributed by atoms with E-state index in [1.165, 1.54) is 32.4 Å². The predicted molar refractivity (Wildman–Crippen MR) is 107 cm³/mol. The molecule has 2 aliphatic rings. The van der Waals surface area contributed by atoms with E-state index in [2.05, 4.69) is 51.6 Å². The average Bonchev–Trinajstić information content (AvgIpc) is 3.16. The molecule has 2 fully saturated rings. The maximum atomic E-state index is 4.96. The van der Waals surface area contributed by atoms with Gasteiger partial charge in [-0.2, -0.15) is 0 Å². The van der Waals surface area contributed by atoms with E-state index < -0.39 is 0 Å². The summed E-state index contributed by atoms with van der Waals surface area (Å²) in [6.07, 6.45) is 9.82. The Bertz CT molecular complexity index is 555. The van der Waals surface area contributed by atoms with Gasteiger partial charge in [0, 0.05) is 45.1 Å². The van der Waals surface area contributed by atoms with E-state index in [9.17, 15) is 0 Å². The Morgan fingerprint density at radius 3 is 2.85 bits per heavy atom. The molecule has 0 spiro atoms. The van der Waals surface area contributed by atoms with Gasteiger partial charge >= 0.3 is 0 Å². The van der Waals surface area contributed by atoms with Crippen molar-refractivity contribution >= 4 is 5.96 Å². The molecule has 0 aliphatic carbocycles. The minimum absolute atomic E-state index is 0.470. The largest absolute Gasteiger partial charge is 0.357 e. The van der Waals surface area contributed by atoms with Gasteiger partial charge in [0.1, 0.15) is 0 Å². The number of piperidine rings is 2. The van der Waals surface area contributed by atoms with Crippen molar-refractivity contribution in [2.24, 2.45) is 16.8 Å². The molecule has 1 aromatic rings. The lowest BCUT2D eigenvalue weighted by atomic mass is 9.93. The number of aromatic nitrogens is 2. The Hall–Kier alpha value is -1.56. The molecule has 1 N–H and O–H groups in total. The third-order valence-corrected chi connectivity index (χ3v) is 5.88. The lowest BCUT2D eigenvalue weighted by Crippen LogP contribution is -2.49. The summed E-state index contributed by atoms with van der Waals surface area (Å²) >= 11 is 0. The molecule has 0 bridgehead atoms. The van der Waals surface area contributed by atoms with Gasteiger partial charge in [-0.25, -0.2) is 4.98 Å². The zero-order valence-electron chi connectivity index (χ0n) is 16.8. The Labute approximate surface area is 158 Å². The van der Waals surface area contributed by atoms with Gasteiger partial charge in [-0.3, -0.25) is 4.99 Å². The zero-order valence-corrected chi connectivity index (χ0v) is 16.8. The highest BCUT2D eigenvalue weighted by atomic mass is 15.3. The molecule has 3 rings (SSSR count). The quantitative estimate of drug-likeness (QED) is 0.647. The van der Waals surface area contributed by atoms with Crippen molar-refractivity contribution in [3.8, 4) is 0 Å². The van der Waals surface area contributed by atoms with E-state index in [4.69, 9.17) is 4.99 Å². The van der Waals surface area contributed by atoms with Crippen LogP contribution in [0.25, 0.3) is 0 Å². The van der Waals surface area contributed by atoms with Gasteiger partial charge in [0.25, 0.3) is 0 Å². The van der Waals surface area contributed by atoms with Crippen LogP contribution in [-0.4, -0.2) is 71.1 Å². The summed E-state index contributed by atoms with van der Waals surface area (Å²) in [5, 5.41) is 3.51. The van der Waals surface area contributed by atoms with Crippen LogP contribution in [0.2, 0.25) is 0 Å². The summed E-state index contributed by atoms with van der Waals surface area (Å²) in [6.45, 7) is 14.3. The first-order chi connectivity index (χ1) is 12.7. The molecule has 0 saturated carbocycles. The highest BCUT2D eigenvalue weighted by Gasteiger charge is 2.28. The van der Waals surface area contributed by atoms with Crippen LogP contribution >= 0.6 is 0 Å². The number of guanidine groups is 1. The molecule has 2 aliphatic heterocycles. The molecule has 3 atom stereocenters. The Morgan fingerprint density at radius 2 is 2.12 bits per heavy atom. The van der Waals surface area contributed by atoms with Gasteiger partial charge in [0.2, 0.25) is 0 Å². The molecule has 0 aromatic carbocycles. The van der Waals surface area contributed by atoms with Gasteiger partial charge in [-0.05, 0) is 44.6 Å². The van der Waals surface area contributed by atoms with E-state index in [0.717, 1.165) is 44.6 Å². The number of likely N-dealkylation sites (tertiary alicyclic amines) is 2. The van der Waals surface area contributed by atoms with Crippen molar-refractivity contribution in [1.29, 1.82) is 0 Å². The van der Waals surface area contributed by atoms with Gasteiger partial charge < -0.3 is 19.7 Å². The molecule has 6 nitrogen and oxygen atoms in total. The van der Waals surface area contributed by atoms with Gasteiger partial charge in [0.05, 0.1) is 18.9 Å². The van der Waals surface area contributed by atoms with Crippen LogP contribution in [-0.2, 0) is 0 Å². The minimum Gasteiger partial charge on any atom is -0.357 e. The van der Waals surface area contributed by atoms with Crippen LogP contribution < -0.4 is 5.32 Å². The molecule has 3 heterocycles. The lowest BCUT2D eigenvalue weighted by Gasteiger charge is -2.39. The van der Waals surface area contributed by atoms with Crippen molar-refractivity contribution in [3.05, 3.63) is 18.7 Å². The Morgan fingerprint density at radius 1 is 1.23 bits per heavy atom. The summed E-state index contributed by atoms with van der Waals surface area (Å²) in [7, 11) is 0. The lowest BCUT2D eigenvalue weighted by molar-refractivity contribution is 0.184. The van der Waals surface area contributed by atoms with Crippen LogP contribution in [0.4, 0.5) is 0 Å². The molecule has 146 valence electrons. The molecule has 26 heavy (non-hydrogen) atoms. The smallest absolute Gasteiger partial charge is 0.194 e. The monoisotopic (exact) mass is 360 g/mol. The second kappa shape index (κ2) is 9.40. The third-order valence-electron chi connectivity index (χ3n) is 5.88. The van der Waals surface area contributed by atoms with Crippen molar-refractivity contribution in [3.63, 3.8) is 0 Å². The number of nitrogens with zero attached hydrogens (tertiary/aromatic N) is 5. The molecule has 2 saturated heterocycles. The van der Waals surface area contributed by atoms with Crippen LogP contribution in [0.15, 0.2) is 23.7 Å². The number of nitrogens with one attached hydrogen (secondary N) is 1. The summed E-state index contributed by atoms with van der Waals surface area (Å²) < 4.78 is 2.26. The van der Waals surface area contributed by atoms with Gasteiger partial charge in [-0.1, -0.05) is 13.8 Å². The fraction of sp³-hybridized carbons (Fsp3) is 0.800. The van der Waals surface area contributed by atoms with Crippen molar-refractivity contribution in [1.82, 2.24) is 24.7 Å². The average molecular weight is 361 g/mol. The maximum absolute atomic E-state index is 4.96. The number of imidazole rings is 1.